The summed E-state index contributed by atoms with van der Waals surface area (Å²) in [6.45, 7) is 0. The predicted octanol–water partition coefficient (Wildman–Crippen LogP) is 5.82. The summed E-state index contributed by atoms with van der Waals surface area (Å²) in [5, 5.41) is 2.98. The van der Waals surface area contributed by atoms with Crippen molar-refractivity contribution in [3.8, 4) is 11.5 Å². The van der Waals surface area contributed by atoms with Crippen molar-refractivity contribution in [1.82, 2.24) is 0 Å². The largest absolute Gasteiger partial charge is 0.493 e. The number of nitrogens with one attached hydrogen (secondary N) is 1. The van der Waals surface area contributed by atoms with Gasteiger partial charge in [0.1, 0.15) is 0 Å². The van der Waals surface area contributed by atoms with Crippen LogP contribution in [0.3, 0.4) is 0 Å². The zero-order valence-electron chi connectivity index (χ0n) is 18.4. The third-order valence-corrected chi connectivity index (χ3v) is 7.64. The summed E-state index contributed by atoms with van der Waals surface area (Å²) >= 11 is 0. The number of carbonyl (C=O) groups is 1. The van der Waals surface area contributed by atoms with Crippen LogP contribution in [0.5, 0.6) is 11.5 Å². The van der Waals surface area contributed by atoms with Gasteiger partial charge in [0.25, 0.3) is 0 Å². The molecule has 0 radical (unpaired) electrons. The SMILES string of the molecule is COc1ccc(C=CC(=O)Nc2ccc(C34CC5CC(CC(C5)C3)C4)cc2)cc1OC. The second kappa shape index (κ2) is 8.07. The van der Waals surface area contributed by atoms with Crippen LogP contribution in [0.2, 0.25) is 0 Å². The molecule has 0 spiro atoms. The standard InChI is InChI=1S/C27H31NO3/c1-30-24-9-3-18(14-25(24)31-2)4-10-26(29)28-23-7-5-22(6-8-23)27-15-19-11-20(16-27)13-21(12-19)17-27/h3-10,14,19-21H,11-13,15-17H2,1-2H3,(H,28,29). The van der Waals surface area contributed by atoms with Crippen molar-refractivity contribution in [2.24, 2.45) is 17.8 Å². The molecular weight excluding hydrogens is 386 g/mol. The Hall–Kier alpha value is -2.75. The van der Waals surface area contributed by atoms with Crippen LogP contribution in [0.1, 0.15) is 49.7 Å². The van der Waals surface area contributed by atoms with E-state index in [2.05, 4.69) is 29.6 Å². The monoisotopic (exact) mass is 417 g/mol. The second-order valence-corrected chi connectivity index (χ2v) is 9.71. The van der Waals surface area contributed by atoms with Crippen LogP contribution in [0.4, 0.5) is 5.69 Å². The fourth-order valence-electron chi connectivity index (χ4n) is 6.68. The highest BCUT2D eigenvalue weighted by Crippen LogP contribution is 2.60. The molecule has 0 saturated heterocycles. The molecule has 2 aromatic rings. The lowest BCUT2D eigenvalue weighted by Crippen LogP contribution is -2.48. The number of ether oxygens (including phenoxy) is 2. The molecule has 162 valence electrons. The predicted molar refractivity (Wildman–Crippen MR) is 124 cm³/mol. The van der Waals surface area contributed by atoms with Crippen molar-refractivity contribution in [2.75, 3.05) is 19.5 Å². The summed E-state index contributed by atoms with van der Waals surface area (Å²) in [7, 11) is 3.21. The Balaban J connectivity index is 1.24. The van der Waals surface area contributed by atoms with Crippen LogP contribution < -0.4 is 14.8 Å². The van der Waals surface area contributed by atoms with Gasteiger partial charge in [-0.3, -0.25) is 4.79 Å². The number of benzene rings is 2. The van der Waals surface area contributed by atoms with Gasteiger partial charge in [-0.15, -0.1) is 0 Å². The van der Waals surface area contributed by atoms with Crippen LogP contribution in [0.25, 0.3) is 6.08 Å². The van der Waals surface area contributed by atoms with Gasteiger partial charge in [-0.25, -0.2) is 0 Å². The molecule has 1 N–H and O–H groups in total. The van der Waals surface area contributed by atoms with Crippen LogP contribution in [0, 0.1) is 17.8 Å². The Morgan fingerprint density at radius 3 is 2.10 bits per heavy atom. The molecule has 4 heteroatoms. The topological polar surface area (TPSA) is 47.6 Å². The first kappa shape index (κ1) is 20.2. The molecule has 0 aliphatic heterocycles. The summed E-state index contributed by atoms with van der Waals surface area (Å²) < 4.78 is 10.6. The number of methoxy groups -OCH3 is 2. The van der Waals surface area contributed by atoms with Gasteiger partial charge in [0.2, 0.25) is 5.91 Å². The van der Waals surface area contributed by atoms with Gasteiger partial charge in [-0.05, 0) is 103 Å². The first-order valence-electron chi connectivity index (χ1n) is 11.4. The van der Waals surface area contributed by atoms with E-state index in [0.717, 1.165) is 29.0 Å². The quantitative estimate of drug-likeness (QED) is 0.602. The van der Waals surface area contributed by atoms with Gasteiger partial charge in [-0.2, -0.15) is 0 Å². The molecule has 31 heavy (non-hydrogen) atoms. The molecule has 4 aliphatic carbocycles. The van der Waals surface area contributed by atoms with E-state index < -0.39 is 0 Å². The number of anilines is 1. The fourth-order valence-corrected chi connectivity index (χ4v) is 6.68. The average Bonchev–Trinajstić information content (AvgIpc) is 2.77. The summed E-state index contributed by atoms with van der Waals surface area (Å²) in [5.74, 6) is 3.98. The van der Waals surface area contributed by atoms with Gasteiger partial charge >= 0.3 is 0 Å². The maximum atomic E-state index is 12.4. The van der Waals surface area contributed by atoms with Crippen molar-refractivity contribution >= 4 is 17.7 Å². The number of carbonyl (C=O) groups excluding carboxylic acids is 1. The van der Waals surface area contributed by atoms with E-state index in [0.29, 0.717) is 16.9 Å². The molecule has 0 aromatic heterocycles. The average molecular weight is 418 g/mol. The number of hydrogen-bond acceptors (Lipinski definition) is 3. The lowest BCUT2D eigenvalue weighted by atomic mass is 9.48. The van der Waals surface area contributed by atoms with Crippen molar-refractivity contribution in [3.05, 3.63) is 59.7 Å². The summed E-state index contributed by atoms with van der Waals surface area (Å²) in [6, 6.07) is 14.2. The van der Waals surface area contributed by atoms with E-state index in [1.807, 2.05) is 18.2 Å². The molecule has 0 atom stereocenters. The molecular formula is C27H31NO3. The Bertz CT molecular complexity index is 957. The van der Waals surface area contributed by atoms with Gasteiger partial charge in [-0.1, -0.05) is 18.2 Å². The van der Waals surface area contributed by atoms with Crippen molar-refractivity contribution in [3.63, 3.8) is 0 Å². The maximum absolute atomic E-state index is 12.4. The molecule has 4 fully saturated rings. The Morgan fingerprint density at radius 2 is 1.52 bits per heavy atom. The molecule has 1 amide bonds. The number of rotatable bonds is 6. The van der Waals surface area contributed by atoms with Crippen molar-refractivity contribution in [1.29, 1.82) is 0 Å². The van der Waals surface area contributed by atoms with Gasteiger partial charge < -0.3 is 14.8 Å². The fraction of sp³-hybridized carbons (Fsp3) is 0.444. The minimum atomic E-state index is -0.141. The van der Waals surface area contributed by atoms with Crippen molar-refractivity contribution < 1.29 is 14.3 Å². The summed E-state index contributed by atoms with van der Waals surface area (Å²) in [5.41, 5.74) is 3.59. The second-order valence-electron chi connectivity index (χ2n) is 9.71. The van der Waals surface area contributed by atoms with Crippen LogP contribution >= 0.6 is 0 Å². The molecule has 6 rings (SSSR count). The number of hydrogen-bond donors (Lipinski definition) is 1. The highest BCUT2D eigenvalue weighted by molar-refractivity contribution is 6.01. The zero-order chi connectivity index (χ0) is 21.4. The minimum Gasteiger partial charge on any atom is -0.493 e. The number of amides is 1. The van der Waals surface area contributed by atoms with Crippen LogP contribution in [0.15, 0.2) is 48.5 Å². The lowest BCUT2D eigenvalue weighted by Gasteiger charge is -2.57. The lowest BCUT2D eigenvalue weighted by molar-refractivity contribution is -0.111. The minimum absolute atomic E-state index is 0.141. The molecule has 4 saturated carbocycles. The van der Waals surface area contributed by atoms with Crippen LogP contribution in [-0.4, -0.2) is 20.1 Å². The van der Waals surface area contributed by atoms with E-state index >= 15 is 0 Å². The normalized spacial score (nSPS) is 28.6. The maximum Gasteiger partial charge on any atom is 0.248 e. The Morgan fingerprint density at radius 1 is 0.903 bits per heavy atom. The van der Waals surface area contributed by atoms with E-state index in [9.17, 15) is 4.79 Å². The molecule has 4 bridgehead atoms. The molecule has 4 aliphatic rings. The van der Waals surface area contributed by atoms with E-state index in [1.54, 1.807) is 26.4 Å². The summed E-state index contributed by atoms with van der Waals surface area (Å²) in [4.78, 5) is 12.4. The Kier molecular flexibility index (Phi) is 5.25. The first-order chi connectivity index (χ1) is 15.1. The van der Waals surface area contributed by atoms with E-state index in [4.69, 9.17) is 9.47 Å². The van der Waals surface area contributed by atoms with E-state index in [-0.39, 0.29) is 5.91 Å². The molecule has 0 unspecified atom stereocenters. The smallest absolute Gasteiger partial charge is 0.248 e. The Labute approximate surface area is 184 Å². The molecule has 0 heterocycles. The molecule has 2 aromatic carbocycles. The van der Waals surface area contributed by atoms with Gasteiger partial charge in [0.05, 0.1) is 14.2 Å². The van der Waals surface area contributed by atoms with Crippen LogP contribution in [-0.2, 0) is 10.2 Å². The first-order valence-corrected chi connectivity index (χ1v) is 11.4. The van der Waals surface area contributed by atoms with E-state index in [1.165, 1.54) is 44.1 Å². The third kappa shape index (κ3) is 3.96. The summed E-state index contributed by atoms with van der Waals surface area (Å²) in [6.07, 6.45) is 11.8. The highest BCUT2D eigenvalue weighted by atomic mass is 16.5. The molecule has 4 nitrogen and oxygen atoms in total. The van der Waals surface area contributed by atoms with Gasteiger partial charge in [0, 0.05) is 11.8 Å². The highest BCUT2D eigenvalue weighted by Gasteiger charge is 2.51. The zero-order valence-corrected chi connectivity index (χ0v) is 18.4. The van der Waals surface area contributed by atoms with Crippen molar-refractivity contribution in [2.45, 2.75) is 43.9 Å². The third-order valence-electron chi connectivity index (χ3n) is 7.64. The van der Waals surface area contributed by atoms with Gasteiger partial charge in [0.15, 0.2) is 11.5 Å².